The third-order valence-electron chi connectivity index (χ3n) is 2.64. The zero-order valence-corrected chi connectivity index (χ0v) is 9.93. The second-order valence-electron chi connectivity index (χ2n) is 3.90. The van der Waals surface area contributed by atoms with Crippen LogP contribution in [-0.4, -0.2) is 25.0 Å². The summed E-state index contributed by atoms with van der Waals surface area (Å²) in [5.41, 5.74) is 0. The number of nitrogens with one attached hydrogen (secondary N) is 1. The molecule has 1 aliphatic heterocycles. The highest BCUT2D eigenvalue weighted by Gasteiger charge is 2.24. The number of carbonyl (C=O) groups excluding carboxylic acids is 1. The first-order chi connectivity index (χ1) is 7.18. The minimum atomic E-state index is -0.0603. The van der Waals surface area contributed by atoms with E-state index in [0.29, 0.717) is 0 Å². The molecule has 1 saturated heterocycles. The summed E-state index contributed by atoms with van der Waals surface area (Å²) in [5.74, 6) is 0.189. The maximum Gasteiger partial charge on any atom is 0.244 e. The third kappa shape index (κ3) is 2.21. The topological polar surface area (TPSA) is 32.3 Å². The van der Waals surface area contributed by atoms with Crippen molar-refractivity contribution in [1.82, 2.24) is 5.32 Å². The van der Waals surface area contributed by atoms with E-state index in [0.717, 1.165) is 24.5 Å². The standard InChI is InChI=1S/C11H16N2OS/c1-8-4-5-10(15-8)13-7-3-6-12-9(2)11(13)14/h4-5,9,12H,3,6-7H2,1-2H3. The Kier molecular flexibility index (Phi) is 3.07. The summed E-state index contributed by atoms with van der Waals surface area (Å²) in [6.45, 7) is 5.75. The zero-order chi connectivity index (χ0) is 10.8. The molecule has 1 aromatic heterocycles. The van der Waals surface area contributed by atoms with E-state index in [1.165, 1.54) is 4.88 Å². The van der Waals surface area contributed by atoms with Crippen LogP contribution in [0.5, 0.6) is 0 Å². The Balaban J connectivity index is 2.22. The molecule has 4 heteroatoms. The number of nitrogens with zero attached hydrogens (tertiary/aromatic N) is 1. The van der Waals surface area contributed by atoms with E-state index < -0.39 is 0 Å². The second kappa shape index (κ2) is 4.33. The van der Waals surface area contributed by atoms with Gasteiger partial charge in [0.1, 0.15) is 0 Å². The van der Waals surface area contributed by atoms with Crippen molar-refractivity contribution in [3.05, 3.63) is 17.0 Å². The number of hydrogen-bond acceptors (Lipinski definition) is 3. The van der Waals surface area contributed by atoms with Crippen LogP contribution in [0, 0.1) is 6.92 Å². The van der Waals surface area contributed by atoms with E-state index in [1.54, 1.807) is 11.3 Å². The maximum absolute atomic E-state index is 12.0. The van der Waals surface area contributed by atoms with Crippen molar-refractivity contribution in [3.8, 4) is 0 Å². The van der Waals surface area contributed by atoms with E-state index in [4.69, 9.17) is 0 Å². The van der Waals surface area contributed by atoms with Gasteiger partial charge in [0.25, 0.3) is 0 Å². The van der Waals surface area contributed by atoms with Gasteiger partial charge < -0.3 is 10.2 Å². The maximum atomic E-state index is 12.0. The molecule has 1 amide bonds. The van der Waals surface area contributed by atoms with Gasteiger partial charge in [-0.25, -0.2) is 0 Å². The highest BCUT2D eigenvalue weighted by Crippen LogP contribution is 2.26. The van der Waals surface area contributed by atoms with E-state index in [1.807, 2.05) is 17.9 Å². The van der Waals surface area contributed by atoms with Gasteiger partial charge in [-0.2, -0.15) is 0 Å². The van der Waals surface area contributed by atoms with Gasteiger partial charge in [0.2, 0.25) is 5.91 Å². The van der Waals surface area contributed by atoms with Crippen LogP contribution in [0.25, 0.3) is 0 Å². The summed E-state index contributed by atoms with van der Waals surface area (Å²) in [4.78, 5) is 15.2. The molecule has 82 valence electrons. The molecule has 2 heterocycles. The van der Waals surface area contributed by atoms with Gasteiger partial charge in [-0.05, 0) is 38.9 Å². The van der Waals surface area contributed by atoms with Crippen molar-refractivity contribution in [2.24, 2.45) is 0 Å². The normalized spacial score (nSPS) is 22.9. The highest BCUT2D eigenvalue weighted by atomic mass is 32.1. The average molecular weight is 224 g/mol. The van der Waals surface area contributed by atoms with Crippen LogP contribution in [0.15, 0.2) is 12.1 Å². The fourth-order valence-electron chi connectivity index (χ4n) is 1.77. The number of amides is 1. The van der Waals surface area contributed by atoms with Crippen LogP contribution < -0.4 is 10.2 Å². The Morgan fingerprint density at radius 2 is 2.33 bits per heavy atom. The summed E-state index contributed by atoms with van der Waals surface area (Å²) in [6, 6.07) is 4.04. The SMILES string of the molecule is Cc1ccc(N2CCCNC(C)C2=O)s1. The predicted octanol–water partition coefficient (Wildman–Crippen LogP) is 1.77. The molecule has 15 heavy (non-hydrogen) atoms. The fraction of sp³-hybridized carbons (Fsp3) is 0.545. The lowest BCUT2D eigenvalue weighted by atomic mass is 10.3. The first-order valence-electron chi connectivity index (χ1n) is 5.29. The molecule has 0 radical (unpaired) electrons. The minimum absolute atomic E-state index is 0.0603. The molecule has 2 rings (SSSR count). The lowest BCUT2D eigenvalue weighted by molar-refractivity contribution is -0.119. The molecule has 3 nitrogen and oxygen atoms in total. The molecule has 1 aliphatic rings. The molecular formula is C11H16N2OS. The Hall–Kier alpha value is -0.870. The van der Waals surface area contributed by atoms with Gasteiger partial charge in [-0.1, -0.05) is 0 Å². The number of thiophene rings is 1. The largest absolute Gasteiger partial charge is 0.306 e. The summed E-state index contributed by atoms with van der Waals surface area (Å²) >= 11 is 1.69. The first-order valence-corrected chi connectivity index (χ1v) is 6.11. The van der Waals surface area contributed by atoms with Crippen LogP contribution in [0.1, 0.15) is 18.2 Å². The highest BCUT2D eigenvalue weighted by molar-refractivity contribution is 7.16. The molecule has 0 bridgehead atoms. The Morgan fingerprint density at radius 1 is 1.53 bits per heavy atom. The fourth-order valence-corrected chi connectivity index (χ4v) is 2.67. The molecule has 0 aliphatic carbocycles. The summed E-state index contributed by atoms with van der Waals surface area (Å²) in [7, 11) is 0. The second-order valence-corrected chi connectivity index (χ2v) is 5.17. The molecule has 1 N–H and O–H groups in total. The molecular weight excluding hydrogens is 208 g/mol. The Morgan fingerprint density at radius 3 is 3.00 bits per heavy atom. The average Bonchev–Trinajstić information content (AvgIpc) is 2.56. The molecule has 0 saturated carbocycles. The molecule has 1 fully saturated rings. The molecule has 0 aromatic carbocycles. The van der Waals surface area contributed by atoms with Crippen molar-refractivity contribution in [3.63, 3.8) is 0 Å². The van der Waals surface area contributed by atoms with E-state index >= 15 is 0 Å². The van der Waals surface area contributed by atoms with Crippen molar-refractivity contribution < 1.29 is 4.79 Å². The zero-order valence-electron chi connectivity index (χ0n) is 9.12. The number of aryl methyl sites for hydroxylation is 1. The summed E-state index contributed by atoms with van der Waals surface area (Å²) in [5, 5.41) is 4.29. The number of carbonyl (C=O) groups is 1. The van der Waals surface area contributed by atoms with Crippen molar-refractivity contribution >= 4 is 22.2 Å². The van der Waals surface area contributed by atoms with Crippen LogP contribution >= 0.6 is 11.3 Å². The monoisotopic (exact) mass is 224 g/mol. The Labute approximate surface area is 94.1 Å². The van der Waals surface area contributed by atoms with Crippen molar-refractivity contribution in [2.75, 3.05) is 18.0 Å². The van der Waals surface area contributed by atoms with E-state index in [2.05, 4.69) is 18.3 Å². The van der Waals surface area contributed by atoms with Gasteiger partial charge in [0.05, 0.1) is 11.0 Å². The number of hydrogen-bond donors (Lipinski definition) is 1. The quantitative estimate of drug-likeness (QED) is 0.788. The first kappa shape index (κ1) is 10.6. The van der Waals surface area contributed by atoms with Crippen LogP contribution in [0.2, 0.25) is 0 Å². The van der Waals surface area contributed by atoms with Gasteiger partial charge in [0, 0.05) is 11.4 Å². The summed E-state index contributed by atoms with van der Waals surface area (Å²) in [6.07, 6.45) is 1.02. The van der Waals surface area contributed by atoms with Crippen LogP contribution in [0.4, 0.5) is 5.00 Å². The van der Waals surface area contributed by atoms with Gasteiger partial charge in [-0.3, -0.25) is 4.79 Å². The smallest absolute Gasteiger partial charge is 0.244 e. The van der Waals surface area contributed by atoms with Crippen LogP contribution in [0.3, 0.4) is 0 Å². The molecule has 1 unspecified atom stereocenters. The third-order valence-corrected chi connectivity index (χ3v) is 3.66. The van der Waals surface area contributed by atoms with Crippen molar-refractivity contribution in [1.29, 1.82) is 0 Å². The van der Waals surface area contributed by atoms with Gasteiger partial charge in [0.15, 0.2) is 0 Å². The lowest BCUT2D eigenvalue weighted by Crippen LogP contribution is -2.41. The van der Waals surface area contributed by atoms with E-state index in [-0.39, 0.29) is 11.9 Å². The minimum Gasteiger partial charge on any atom is -0.306 e. The molecule has 1 atom stereocenters. The lowest BCUT2D eigenvalue weighted by Gasteiger charge is -2.20. The number of rotatable bonds is 1. The van der Waals surface area contributed by atoms with Gasteiger partial charge in [-0.15, -0.1) is 11.3 Å². The van der Waals surface area contributed by atoms with Crippen LogP contribution in [-0.2, 0) is 4.79 Å². The van der Waals surface area contributed by atoms with Crippen molar-refractivity contribution in [2.45, 2.75) is 26.3 Å². The molecule has 1 aromatic rings. The van der Waals surface area contributed by atoms with Gasteiger partial charge >= 0.3 is 0 Å². The Bertz CT molecular complexity index is 361. The summed E-state index contributed by atoms with van der Waals surface area (Å²) < 4.78 is 0. The predicted molar refractivity (Wildman–Crippen MR) is 63.5 cm³/mol. The molecule has 0 spiro atoms. The van der Waals surface area contributed by atoms with E-state index in [9.17, 15) is 4.79 Å². The number of anilines is 1.